The highest BCUT2D eigenvalue weighted by Gasteiger charge is 2.50. The number of carbonyl (C=O) groups is 2. The Hall–Kier alpha value is -2.93. The molecule has 6 nitrogen and oxygen atoms in total. The first-order chi connectivity index (χ1) is 14.1. The van der Waals surface area contributed by atoms with E-state index in [-0.39, 0.29) is 24.8 Å². The van der Waals surface area contributed by atoms with Crippen molar-refractivity contribution in [1.29, 1.82) is 0 Å². The quantitative estimate of drug-likeness (QED) is 0.810. The van der Waals surface area contributed by atoms with Crippen molar-refractivity contribution in [2.75, 3.05) is 37.8 Å². The molecule has 2 heterocycles. The molecule has 2 aliphatic heterocycles. The zero-order valence-electron chi connectivity index (χ0n) is 16.1. The molecule has 152 valence electrons. The van der Waals surface area contributed by atoms with E-state index in [1.807, 2.05) is 30.3 Å². The fourth-order valence-corrected chi connectivity index (χ4v) is 4.13. The van der Waals surface area contributed by atoms with Crippen molar-refractivity contribution in [3.63, 3.8) is 0 Å². The lowest BCUT2D eigenvalue weighted by molar-refractivity contribution is -0.125. The minimum atomic E-state index is -0.557. The Morgan fingerprint density at radius 3 is 2.59 bits per heavy atom. The number of amides is 1. The molecule has 29 heavy (non-hydrogen) atoms. The second kappa shape index (κ2) is 8.21. The van der Waals surface area contributed by atoms with E-state index in [4.69, 9.17) is 4.74 Å². The molecule has 0 unspecified atom stereocenters. The second-order valence-corrected chi connectivity index (χ2v) is 7.52. The molecular weight excluding hydrogens is 373 g/mol. The van der Waals surface area contributed by atoms with Crippen LogP contribution in [0.5, 0.6) is 5.75 Å². The first kappa shape index (κ1) is 19.4. The van der Waals surface area contributed by atoms with Crippen LogP contribution >= 0.6 is 0 Å². The smallest absolute Gasteiger partial charge is 0.247 e. The Bertz CT molecular complexity index is 882. The van der Waals surface area contributed by atoms with E-state index >= 15 is 0 Å². The fourth-order valence-electron chi connectivity index (χ4n) is 4.13. The Kier molecular flexibility index (Phi) is 5.49. The molecule has 2 saturated heterocycles. The van der Waals surface area contributed by atoms with Gasteiger partial charge in [-0.15, -0.1) is 0 Å². The second-order valence-electron chi connectivity index (χ2n) is 7.52. The van der Waals surface area contributed by atoms with Crippen LogP contribution in [-0.2, 0) is 9.59 Å². The van der Waals surface area contributed by atoms with E-state index in [1.165, 1.54) is 12.1 Å². The number of nitrogens with one attached hydrogen (secondary N) is 1. The number of likely N-dealkylation sites (tertiary alicyclic amines) is 1. The van der Waals surface area contributed by atoms with Crippen molar-refractivity contribution in [2.45, 2.75) is 18.4 Å². The first-order valence-corrected chi connectivity index (χ1v) is 9.80. The number of anilines is 1. The first-order valence-electron chi connectivity index (χ1n) is 9.80. The van der Waals surface area contributed by atoms with Gasteiger partial charge in [0.1, 0.15) is 23.7 Å². The van der Waals surface area contributed by atoms with Crippen LogP contribution in [0, 0.1) is 5.82 Å². The van der Waals surface area contributed by atoms with E-state index in [0.29, 0.717) is 38.3 Å². The molecule has 1 spiro atoms. The van der Waals surface area contributed by atoms with E-state index < -0.39 is 11.4 Å². The van der Waals surface area contributed by atoms with Gasteiger partial charge in [-0.2, -0.15) is 0 Å². The number of piperidine rings is 1. The molecule has 1 amide bonds. The molecule has 0 saturated carbocycles. The van der Waals surface area contributed by atoms with Crippen LogP contribution in [0.1, 0.15) is 12.8 Å². The Morgan fingerprint density at radius 2 is 1.86 bits per heavy atom. The Balaban J connectivity index is 1.32. The average molecular weight is 397 g/mol. The minimum Gasteiger partial charge on any atom is -0.486 e. The van der Waals surface area contributed by atoms with Crippen molar-refractivity contribution in [2.24, 2.45) is 0 Å². The van der Waals surface area contributed by atoms with Crippen molar-refractivity contribution in [3.05, 3.63) is 60.4 Å². The Labute approximate surface area is 169 Å². The summed E-state index contributed by atoms with van der Waals surface area (Å²) in [6, 6.07) is 15.7. The highest BCUT2D eigenvalue weighted by atomic mass is 19.1. The number of para-hydroxylation sites is 1. The molecular formula is C22H24FN3O3. The van der Waals surface area contributed by atoms with E-state index in [9.17, 15) is 14.0 Å². The van der Waals surface area contributed by atoms with Gasteiger partial charge in [0.25, 0.3) is 0 Å². The monoisotopic (exact) mass is 397 g/mol. The minimum absolute atomic E-state index is 0.0572. The summed E-state index contributed by atoms with van der Waals surface area (Å²) in [5, 5.41) is 2.98. The van der Waals surface area contributed by atoms with Crippen LogP contribution in [0.3, 0.4) is 0 Å². The summed E-state index contributed by atoms with van der Waals surface area (Å²) in [6.45, 7) is 1.98. The van der Waals surface area contributed by atoms with Crippen LogP contribution in [0.15, 0.2) is 54.6 Å². The summed E-state index contributed by atoms with van der Waals surface area (Å²) in [5.41, 5.74) is 0.470. The lowest BCUT2D eigenvalue weighted by Gasteiger charge is -2.43. The van der Waals surface area contributed by atoms with Gasteiger partial charge in [0, 0.05) is 24.8 Å². The highest BCUT2D eigenvalue weighted by Crippen LogP contribution is 2.36. The highest BCUT2D eigenvalue weighted by molar-refractivity contribution is 5.93. The lowest BCUT2D eigenvalue weighted by atomic mass is 9.85. The molecule has 7 heteroatoms. The molecule has 2 aliphatic rings. The maximum absolute atomic E-state index is 13.2. The number of benzene rings is 2. The molecule has 0 aromatic heterocycles. The van der Waals surface area contributed by atoms with Gasteiger partial charge in [-0.25, -0.2) is 4.39 Å². The van der Waals surface area contributed by atoms with Gasteiger partial charge in [-0.1, -0.05) is 24.3 Å². The van der Waals surface area contributed by atoms with Crippen LogP contribution in [0.2, 0.25) is 0 Å². The normalized spacial score (nSPS) is 18.7. The molecule has 0 atom stereocenters. The predicted octanol–water partition coefficient (Wildman–Crippen LogP) is 2.20. The van der Waals surface area contributed by atoms with Gasteiger partial charge in [-0.05, 0) is 37.1 Å². The van der Waals surface area contributed by atoms with Gasteiger partial charge in [0.05, 0.1) is 13.2 Å². The van der Waals surface area contributed by atoms with Gasteiger partial charge < -0.3 is 15.0 Å². The fraction of sp³-hybridized carbons (Fsp3) is 0.364. The summed E-state index contributed by atoms with van der Waals surface area (Å²) in [7, 11) is 0. The van der Waals surface area contributed by atoms with Crippen molar-refractivity contribution >= 4 is 17.4 Å². The number of nitrogens with zero attached hydrogens (tertiary/aromatic N) is 2. The van der Waals surface area contributed by atoms with E-state index in [2.05, 4.69) is 15.1 Å². The summed E-state index contributed by atoms with van der Waals surface area (Å²) in [5.74, 6) is -0.0612. The SMILES string of the molecule is O=C(COc1cccc(F)c1)CN1CCC2(CC1)C(=O)NCN2c1ccccc1. The topological polar surface area (TPSA) is 61.9 Å². The molecule has 1 N–H and O–H groups in total. The third kappa shape index (κ3) is 4.10. The number of hydrogen-bond acceptors (Lipinski definition) is 5. The number of carbonyl (C=O) groups excluding carboxylic acids is 2. The number of ether oxygens (including phenoxy) is 1. The number of ketones is 1. The van der Waals surface area contributed by atoms with E-state index in [1.54, 1.807) is 12.1 Å². The maximum atomic E-state index is 13.2. The predicted molar refractivity (Wildman–Crippen MR) is 107 cm³/mol. The third-order valence-corrected chi connectivity index (χ3v) is 5.68. The van der Waals surface area contributed by atoms with Gasteiger partial charge in [0.2, 0.25) is 5.91 Å². The maximum Gasteiger partial charge on any atom is 0.247 e. The molecule has 2 aromatic rings. The van der Waals surface area contributed by atoms with Gasteiger partial charge >= 0.3 is 0 Å². The van der Waals surface area contributed by atoms with E-state index in [0.717, 1.165) is 5.69 Å². The van der Waals surface area contributed by atoms with Gasteiger partial charge in [-0.3, -0.25) is 14.5 Å². The largest absolute Gasteiger partial charge is 0.486 e. The molecule has 0 bridgehead atoms. The number of Topliss-reactive ketones (excluding diaryl/α,β-unsaturated/α-hetero) is 1. The van der Waals surface area contributed by atoms with Crippen molar-refractivity contribution in [1.82, 2.24) is 10.2 Å². The zero-order chi connectivity index (χ0) is 20.3. The number of rotatable bonds is 6. The molecule has 2 aromatic carbocycles. The van der Waals surface area contributed by atoms with Crippen LogP contribution in [0.4, 0.5) is 10.1 Å². The molecule has 0 radical (unpaired) electrons. The van der Waals surface area contributed by atoms with Crippen molar-refractivity contribution in [3.8, 4) is 5.75 Å². The van der Waals surface area contributed by atoms with Gasteiger partial charge in [0.15, 0.2) is 5.78 Å². The van der Waals surface area contributed by atoms with Crippen LogP contribution < -0.4 is 15.0 Å². The molecule has 0 aliphatic carbocycles. The zero-order valence-corrected chi connectivity index (χ0v) is 16.1. The van der Waals surface area contributed by atoms with Crippen LogP contribution in [0.25, 0.3) is 0 Å². The van der Waals surface area contributed by atoms with Crippen LogP contribution in [-0.4, -0.2) is 55.0 Å². The van der Waals surface area contributed by atoms with Crippen molar-refractivity contribution < 1.29 is 18.7 Å². The molecule has 4 rings (SSSR count). The summed E-state index contributed by atoms with van der Waals surface area (Å²) in [6.07, 6.45) is 1.32. The third-order valence-electron chi connectivity index (χ3n) is 5.68. The number of hydrogen-bond donors (Lipinski definition) is 1. The summed E-state index contributed by atoms with van der Waals surface area (Å²) < 4.78 is 18.6. The lowest BCUT2D eigenvalue weighted by Crippen LogP contribution is -2.57. The average Bonchev–Trinajstić information content (AvgIpc) is 3.05. The number of halogens is 1. The Morgan fingerprint density at radius 1 is 1.10 bits per heavy atom. The summed E-state index contributed by atoms with van der Waals surface area (Å²) in [4.78, 5) is 29.1. The molecule has 2 fully saturated rings. The summed E-state index contributed by atoms with van der Waals surface area (Å²) >= 11 is 0. The standard InChI is InChI=1S/C22H24FN3O3/c23-17-5-4-8-20(13-17)29-15-19(27)14-25-11-9-22(10-12-25)21(28)24-16-26(22)18-6-2-1-3-7-18/h1-8,13H,9-12,14-16H2,(H,24,28).